The number of ether oxygens (including phenoxy) is 2. The van der Waals surface area contributed by atoms with Crippen LogP contribution in [0.2, 0.25) is 0 Å². The molecule has 2 N–H and O–H groups in total. The maximum absolute atomic E-state index is 13.0. The molecule has 0 unspecified atom stereocenters. The Morgan fingerprint density at radius 3 is 2.52 bits per heavy atom. The van der Waals surface area contributed by atoms with Gasteiger partial charge in [-0.2, -0.15) is 13.9 Å². The average molecular weight is 377 g/mol. The molecule has 0 fully saturated rings. The van der Waals surface area contributed by atoms with Gasteiger partial charge in [-0.1, -0.05) is 0 Å². The van der Waals surface area contributed by atoms with Crippen molar-refractivity contribution in [3.63, 3.8) is 0 Å². The van der Waals surface area contributed by atoms with Crippen LogP contribution >= 0.6 is 0 Å². The Kier molecular flexibility index (Phi) is 5.30. The number of nitrogens with zero attached hydrogens (tertiary/aromatic N) is 1. The van der Waals surface area contributed by atoms with Crippen LogP contribution in [-0.2, 0) is 0 Å². The Balaban J connectivity index is 1.75. The third kappa shape index (κ3) is 4.38. The fraction of sp³-hybridized carbons (Fsp3) is 0.111. The Hall–Kier alpha value is -3.49. The van der Waals surface area contributed by atoms with Crippen LogP contribution in [0.25, 0.3) is 11.3 Å². The number of benzene rings is 2. The van der Waals surface area contributed by atoms with Crippen molar-refractivity contribution in [1.82, 2.24) is 10.2 Å². The highest BCUT2D eigenvalue weighted by Gasteiger charge is 2.14. The molecule has 3 aromatic rings. The molecule has 0 bridgehead atoms. The van der Waals surface area contributed by atoms with Gasteiger partial charge < -0.3 is 14.8 Å². The molecule has 0 saturated heterocycles. The zero-order valence-corrected chi connectivity index (χ0v) is 14.0. The molecular formula is C18H14F3N3O3. The van der Waals surface area contributed by atoms with Crippen LogP contribution in [0.5, 0.6) is 11.5 Å². The summed E-state index contributed by atoms with van der Waals surface area (Å²) < 4.78 is 47.0. The molecule has 1 aromatic heterocycles. The van der Waals surface area contributed by atoms with Crippen molar-refractivity contribution in [3.8, 4) is 22.8 Å². The van der Waals surface area contributed by atoms with E-state index in [1.54, 1.807) is 12.1 Å². The van der Waals surface area contributed by atoms with Crippen LogP contribution in [0.3, 0.4) is 0 Å². The minimum Gasteiger partial charge on any atom is -0.493 e. The van der Waals surface area contributed by atoms with E-state index in [1.165, 1.54) is 43.5 Å². The summed E-state index contributed by atoms with van der Waals surface area (Å²) in [6.07, 6.45) is 0. The van der Waals surface area contributed by atoms with Crippen molar-refractivity contribution in [2.24, 2.45) is 0 Å². The second-order valence-electron chi connectivity index (χ2n) is 5.37. The molecule has 1 heterocycles. The Morgan fingerprint density at radius 1 is 1.11 bits per heavy atom. The number of rotatable bonds is 6. The van der Waals surface area contributed by atoms with E-state index in [0.717, 1.165) is 0 Å². The highest BCUT2D eigenvalue weighted by atomic mass is 19.3. The molecule has 27 heavy (non-hydrogen) atoms. The number of nitrogens with one attached hydrogen (secondary N) is 2. The lowest BCUT2D eigenvalue weighted by molar-refractivity contribution is -0.0512. The number of H-pyrrole nitrogens is 1. The standard InChI is InChI=1S/C18H14F3N3O3/c1-26-16-8-12(6-7-15(16)27-18(20)21)22-17(25)14-9-13(23-24-14)10-2-4-11(19)5-3-10/h2-9,18H,1H3,(H,22,25)(H,23,24). The minimum atomic E-state index is -2.99. The topological polar surface area (TPSA) is 76.2 Å². The van der Waals surface area contributed by atoms with Crippen LogP contribution in [0.15, 0.2) is 48.5 Å². The fourth-order valence-corrected chi connectivity index (χ4v) is 2.34. The van der Waals surface area contributed by atoms with Gasteiger partial charge in [-0.25, -0.2) is 4.39 Å². The van der Waals surface area contributed by atoms with Crippen molar-refractivity contribution in [2.75, 3.05) is 12.4 Å². The average Bonchev–Trinajstić information content (AvgIpc) is 3.13. The maximum Gasteiger partial charge on any atom is 0.387 e. The summed E-state index contributed by atoms with van der Waals surface area (Å²) in [5.74, 6) is -0.976. The van der Waals surface area contributed by atoms with E-state index in [1.807, 2.05) is 0 Å². The zero-order chi connectivity index (χ0) is 19.4. The van der Waals surface area contributed by atoms with Crippen molar-refractivity contribution in [2.45, 2.75) is 6.61 Å². The van der Waals surface area contributed by atoms with Gasteiger partial charge in [-0.3, -0.25) is 9.89 Å². The lowest BCUT2D eigenvalue weighted by Gasteiger charge is -2.11. The quantitative estimate of drug-likeness (QED) is 0.679. The molecule has 1 amide bonds. The minimum absolute atomic E-state index is 0.0460. The van der Waals surface area contributed by atoms with Gasteiger partial charge in [0, 0.05) is 17.3 Å². The molecule has 3 rings (SSSR count). The largest absolute Gasteiger partial charge is 0.493 e. The first-order valence-electron chi connectivity index (χ1n) is 7.72. The first kappa shape index (κ1) is 18.3. The first-order valence-corrected chi connectivity index (χ1v) is 7.72. The van der Waals surface area contributed by atoms with Crippen LogP contribution in [0, 0.1) is 5.82 Å². The van der Waals surface area contributed by atoms with Gasteiger partial charge in [-0.15, -0.1) is 0 Å². The fourth-order valence-electron chi connectivity index (χ4n) is 2.34. The van der Waals surface area contributed by atoms with E-state index in [4.69, 9.17) is 4.74 Å². The van der Waals surface area contributed by atoms with E-state index in [0.29, 0.717) is 16.9 Å². The number of carbonyl (C=O) groups excluding carboxylic acids is 1. The monoisotopic (exact) mass is 377 g/mol. The molecule has 0 spiro atoms. The zero-order valence-electron chi connectivity index (χ0n) is 14.0. The number of alkyl halides is 2. The van der Waals surface area contributed by atoms with Crippen molar-refractivity contribution in [1.29, 1.82) is 0 Å². The van der Waals surface area contributed by atoms with Crippen molar-refractivity contribution >= 4 is 11.6 Å². The molecule has 9 heteroatoms. The predicted octanol–water partition coefficient (Wildman–Crippen LogP) is 4.08. The molecule has 0 atom stereocenters. The van der Waals surface area contributed by atoms with Gasteiger partial charge in [0.15, 0.2) is 11.5 Å². The van der Waals surface area contributed by atoms with Crippen LogP contribution < -0.4 is 14.8 Å². The van der Waals surface area contributed by atoms with Gasteiger partial charge in [0.1, 0.15) is 11.5 Å². The Morgan fingerprint density at radius 2 is 1.85 bits per heavy atom. The summed E-state index contributed by atoms with van der Waals surface area (Å²) in [7, 11) is 1.29. The number of halogens is 3. The maximum atomic E-state index is 13.0. The molecule has 6 nitrogen and oxygen atoms in total. The van der Waals surface area contributed by atoms with E-state index < -0.39 is 12.5 Å². The number of hydrogen-bond acceptors (Lipinski definition) is 4. The molecule has 0 aliphatic rings. The second kappa shape index (κ2) is 7.81. The molecule has 0 radical (unpaired) electrons. The summed E-state index contributed by atoms with van der Waals surface area (Å²) in [6, 6.07) is 11.2. The highest BCUT2D eigenvalue weighted by Crippen LogP contribution is 2.31. The third-order valence-corrected chi connectivity index (χ3v) is 3.60. The third-order valence-electron chi connectivity index (χ3n) is 3.60. The summed E-state index contributed by atoms with van der Waals surface area (Å²) in [4.78, 5) is 12.3. The number of carbonyl (C=O) groups is 1. The smallest absolute Gasteiger partial charge is 0.387 e. The number of hydrogen-bond donors (Lipinski definition) is 2. The molecule has 2 aromatic carbocycles. The molecule has 0 saturated carbocycles. The van der Waals surface area contributed by atoms with E-state index in [-0.39, 0.29) is 23.0 Å². The van der Waals surface area contributed by atoms with Gasteiger partial charge in [-0.05, 0) is 42.5 Å². The highest BCUT2D eigenvalue weighted by molar-refractivity contribution is 6.03. The molecule has 0 aliphatic heterocycles. The normalized spacial score (nSPS) is 10.7. The number of anilines is 1. The van der Waals surface area contributed by atoms with Gasteiger partial charge >= 0.3 is 6.61 Å². The SMILES string of the molecule is COc1cc(NC(=O)c2cc(-c3ccc(F)cc3)n[nH]2)ccc1OC(F)F. The van der Waals surface area contributed by atoms with Crippen molar-refractivity contribution in [3.05, 3.63) is 60.0 Å². The van der Waals surface area contributed by atoms with Crippen molar-refractivity contribution < 1.29 is 27.4 Å². The van der Waals surface area contributed by atoms with E-state index in [2.05, 4.69) is 20.3 Å². The number of amides is 1. The number of aromatic nitrogens is 2. The number of aromatic amines is 1. The summed E-state index contributed by atoms with van der Waals surface area (Å²) in [6.45, 7) is -2.99. The van der Waals surface area contributed by atoms with E-state index >= 15 is 0 Å². The molecular weight excluding hydrogens is 363 g/mol. The van der Waals surface area contributed by atoms with Crippen LogP contribution in [-0.4, -0.2) is 29.8 Å². The van der Waals surface area contributed by atoms with E-state index in [9.17, 15) is 18.0 Å². The van der Waals surface area contributed by atoms with Gasteiger partial charge in [0.2, 0.25) is 0 Å². The van der Waals surface area contributed by atoms with Gasteiger partial charge in [0.25, 0.3) is 5.91 Å². The van der Waals surface area contributed by atoms with Crippen LogP contribution in [0.1, 0.15) is 10.5 Å². The lowest BCUT2D eigenvalue weighted by atomic mass is 10.1. The lowest BCUT2D eigenvalue weighted by Crippen LogP contribution is -2.12. The number of methoxy groups -OCH3 is 1. The first-order chi connectivity index (χ1) is 13.0. The molecule has 0 aliphatic carbocycles. The van der Waals surface area contributed by atoms with Gasteiger partial charge in [0.05, 0.1) is 12.8 Å². The Labute approximate surface area is 151 Å². The predicted molar refractivity (Wildman–Crippen MR) is 91.6 cm³/mol. The molecule has 140 valence electrons. The summed E-state index contributed by atoms with van der Waals surface area (Å²) in [5, 5.41) is 9.21. The second-order valence-corrected chi connectivity index (χ2v) is 5.37. The Bertz CT molecular complexity index is 943. The van der Waals surface area contributed by atoms with Crippen LogP contribution in [0.4, 0.5) is 18.9 Å². The summed E-state index contributed by atoms with van der Waals surface area (Å²) in [5.41, 5.74) is 1.60. The summed E-state index contributed by atoms with van der Waals surface area (Å²) >= 11 is 0.